The minimum atomic E-state index is -0.0321. The molecule has 0 spiro atoms. The van der Waals surface area contributed by atoms with Gasteiger partial charge in [0, 0.05) is 18.0 Å². The zero-order valence-corrected chi connectivity index (χ0v) is 13.3. The molecule has 1 aliphatic heterocycles. The van der Waals surface area contributed by atoms with Crippen molar-refractivity contribution in [1.29, 1.82) is 0 Å². The van der Waals surface area contributed by atoms with Gasteiger partial charge in [0.1, 0.15) is 5.69 Å². The van der Waals surface area contributed by atoms with E-state index in [1.807, 2.05) is 12.3 Å². The predicted octanol–water partition coefficient (Wildman–Crippen LogP) is 2.84. The maximum absolute atomic E-state index is 12.0. The summed E-state index contributed by atoms with van der Waals surface area (Å²) in [6, 6.07) is 0.499. The van der Waals surface area contributed by atoms with Crippen LogP contribution in [0.2, 0.25) is 0 Å². The highest BCUT2D eigenvalue weighted by Crippen LogP contribution is 2.17. The highest BCUT2D eigenvalue weighted by Gasteiger charge is 2.22. The third kappa shape index (κ3) is 4.28. The number of amides is 1. The molecule has 1 fully saturated rings. The van der Waals surface area contributed by atoms with Crippen molar-refractivity contribution >= 4 is 17.2 Å². The molecule has 1 N–H and O–H groups in total. The average Bonchev–Trinajstić information content (AvgIpc) is 2.90. The Balaban J connectivity index is 1.82. The summed E-state index contributed by atoms with van der Waals surface area (Å²) in [5, 5.41) is 5.83. The van der Waals surface area contributed by atoms with Crippen LogP contribution in [0.1, 0.15) is 54.5 Å². The van der Waals surface area contributed by atoms with E-state index in [0.717, 1.165) is 18.1 Å². The van der Waals surface area contributed by atoms with E-state index in [1.165, 1.54) is 50.0 Å². The number of hydrogen-bond donors (Lipinski definition) is 1. The topological polar surface area (TPSA) is 45.2 Å². The van der Waals surface area contributed by atoms with Crippen LogP contribution in [0.3, 0.4) is 0 Å². The van der Waals surface area contributed by atoms with Gasteiger partial charge in [0.05, 0.1) is 5.01 Å². The van der Waals surface area contributed by atoms with Crippen molar-refractivity contribution < 1.29 is 4.79 Å². The van der Waals surface area contributed by atoms with Gasteiger partial charge < -0.3 is 5.32 Å². The van der Waals surface area contributed by atoms with E-state index < -0.39 is 0 Å². The molecule has 2 heterocycles. The van der Waals surface area contributed by atoms with E-state index in [1.54, 1.807) is 0 Å². The molecule has 1 atom stereocenters. The predicted molar refractivity (Wildman–Crippen MR) is 83.3 cm³/mol. The van der Waals surface area contributed by atoms with Crippen LogP contribution in [0, 0.1) is 6.92 Å². The molecule has 0 radical (unpaired) electrons. The molecule has 4 nitrogen and oxygen atoms in total. The molecule has 2 rings (SSSR count). The number of hydrogen-bond acceptors (Lipinski definition) is 4. The Morgan fingerprint density at radius 1 is 1.55 bits per heavy atom. The Labute approximate surface area is 125 Å². The lowest BCUT2D eigenvalue weighted by atomic mass is 10.0. The lowest BCUT2D eigenvalue weighted by Crippen LogP contribution is -2.47. The van der Waals surface area contributed by atoms with Crippen molar-refractivity contribution in [2.75, 3.05) is 19.6 Å². The summed E-state index contributed by atoms with van der Waals surface area (Å²) in [7, 11) is 0. The first kappa shape index (κ1) is 15.4. The number of thiazole rings is 1. The van der Waals surface area contributed by atoms with Gasteiger partial charge in [-0.1, -0.05) is 19.8 Å². The summed E-state index contributed by atoms with van der Waals surface area (Å²) < 4.78 is 0. The van der Waals surface area contributed by atoms with E-state index in [0.29, 0.717) is 11.7 Å². The lowest BCUT2D eigenvalue weighted by Gasteiger charge is -2.35. The number of carbonyl (C=O) groups excluding carboxylic acids is 1. The summed E-state index contributed by atoms with van der Waals surface area (Å²) in [5.41, 5.74) is 0.559. The summed E-state index contributed by atoms with van der Waals surface area (Å²) in [6.07, 6.45) is 6.24. The van der Waals surface area contributed by atoms with E-state index >= 15 is 0 Å². The molecule has 0 aromatic carbocycles. The number of likely N-dealkylation sites (tertiary alicyclic amines) is 1. The van der Waals surface area contributed by atoms with Crippen molar-refractivity contribution in [1.82, 2.24) is 15.2 Å². The summed E-state index contributed by atoms with van der Waals surface area (Å²) in [5.74, 6) is -0.0321. The van der Waals surface area contributed by atoms with Crippen LogP contribution in [0.5, 0.6) is 0 Å². The molecule has 1 aliphatic rings. The first-order valence-corrected chi connectivity index (χ1v) is 8.53. The van der Waals surface area contributed by atoms with Gasteiger partial charge in [-0.2, -0.15) is 0 Å². The second-order valence-electron chi connectivity index (χ2n) is 5.50. The van der Waals surface area contributed by atoms with Crippen molar-refractivity contribution in [3.8, 4) is 0 Å². The molecule has 1 amide bonds. The molecule has 0 saturated carbocycles. The first-order valence-electron chi connectivity index (χ1n) is 7.65. The van der Waals surface area contributed by atoms with Crippen LogP contribution >= 0.6 is 11.3 Å². The van der Waals surface area contributed by atoms with Gasteiger partial charge in [0.25, 0.3) is 5.91 Å². The normalized spacial score (nSPS) is 20.0. The van der Waals surface area contributed by atoms with E-state index in [4.69, 9.17) is 0 Å². The second-order valence-corrected chi connectivity index (χ2v) is 6.56. The number of nitrogens with one attached hydrogen (secondary N) is 1. The molecule has 0 aliphatic carbocycles. The minimum absolute atomic E-state index is 0.0321. The van der Waals surface area contributed by atoms with Crippen LogP contribution in [0.4, 0.5) is 0 Å². The molecular formula is C15H25N3OS. The SMILES string of the molecule is CCCCN1CCCCC1CNC(=O)c1csc(C)n1. The van der Waals surface area contributed by atoms with Crippen molar-refractivity contribution in [2.45, 2.75) is 52.0 Å². The van der Waals surface area contributed by atoms with Gasteiger partial charge in [-0.05, 0) is 39.3 Å². The Morgan fingerprint density at radius 2 is 2.40 bits per heavy atom. The highest BCUT2D eigenvalue weighted by molar-refractivity contribution is 7.09. The second kappa shape index (κ2) is 7.74. The molecular weight excluding hydrogens is 270 g/mol. The third-order valence-electron chi connectivity index (χ3n) is 3.90. The number of rotatable bonds is 6. The summed E-state index contributed by atoms with van der Waals surface area (Å²) in [6.45, 7) is 7.24. The Morgan fingerprint density at radius 3 is 3.10 bits per heavy atom. The Kier molecular flexibility index (Phi) is 5.98. The Bertz CT molecular complexity index is 433. The molecule has 1 aromatic heterocycles. The number of piperidine rings is 1. The number of unbranched alkanes of at least 4 members (excludes halogenated alkanes) is 1. The van der Waals surface area contributed by atoms with Gasteiger partial charge in [-0.15, -0.1) is 11.3 Å². The summed E-state index contributed by atoms with van der Waals surface area (Å²) >= 11 is 1.52. The molecule has 1 aromatic rings. The third-order valence-corrected chi connectivity index (χ3v) is 4.67. The molecule has 112 valence electrons. The van der Waals surface area contributed by atoms with Crippen LogP contribution in [0.25, 0.3) is 0 Å². The molecule has 1 saturated heterocycles. The lowest BCUT2D eigenvalue weighted by molar-refractivity contribution is 0.0908. The zero-order valence-electron chi connectivity index (χ0n) is 12.5. The highest BCUT2D eigenvalue weighted by atomic mass is 32.1. The smallest absolute Gasteiger partial charge is 0.270 e. The van der Waals surface area contributed by atoms with Crippen LogP contribution in [-0.2, 0) is 0 Å². The largest absolute Gasteiger partial charge is 0.349 e. The quantitative estimate of drug-likeness (QED) is 0.878. The Hall–Kier alpha value is -0.940. The number of aromatic nitrogens is 1. The fourth-order valence-corrected chi connectivity index (χ4v) is 3.31. The van der Waals surface area contributed by atoms with Crippen molar-refractivity contribution in [3.63, 3.8) is 0 Å². The standard InChI is InChI=1S/C15H25N3OS/c1-3-4-8-18-9-6-5-7-13(18)10-16-15(19)14-11-20-12(2)17-14/h11,13H,3-10H2,1-2H3,(H,16,19). The zero-order chi connectivity index (χ0) is 14.4. The van der Waals surface area contributed by atoms with Crippen LogP contribution in [0.15, 0.2) is 5.38 Å². The fraction of sp³-hybridized carbons (Fsp3) is 0.733. The molecule has 0 bridgehead atoms. The van der Waals surface area contributed by atoms with Gasteiger partial charge in [0.2, 0.25) is 0 Å². The van der Waals surface area contributed by atoms with E-state index in [-0.39, 0.29) is 5.91 Å². The number of carbonyl (C=O) groups is 1. The van der Waals surface area contributed by atoms with Crippen molar-refractivity contribution in [3.05, 3.63) is 16.1 Å². The molecule has 20 heavy (non-hydrogen) atoms. The number of nitrogens with zero attached hydrogens (tertiary/aromatic N) is 2. The monoisotopic (exact) mass is 295 g/mol. The van der Waals surface area contributed by atoms with Gasteiger partial charge in [0.15, 0.2) is 0 Å². The maximum Gasteiger partial charge on any atom is 0.270 e. The van der Waals surface area contributed by atoms with Gasteiger partial charge >= 0.3 is 0 Å². The van der Waals surface area contributed by atoms with E-state index in [2.05, 4.69) is 22.1 Å². The van der Waals surface area contributed by atoms with Gasteiger partial charge in [-0.25, -0.2) is 4.98 Å². The minimum Gasteiger partial charge on any atom is -0.349 e. The van der Waals surface area contributed by atoms with Crippen LogP contribution in [-0.4, -0.2) is 41.5 Å². The maximum atomic E-state index is 12.0. The fourth-order valence-electron chi connectivity index (χ4n) is 2.72. The van der Waals surface area contributed by atoms with E-state index in [9.17, 15) is 4.79 Å². The summed E-state index contributed by atoms with van der Waals surface area (Å²) in [4.78, 5) is 18.8. The van der Waals surface area contributed by atoms with Crippen molar-refractivity contribution in [2.24, 2.45) is 0 Å². The average molecular weight is 295 g/mol. The van der Waals surface area contributed by atoms with Crippen LogP contribution < -0.4 is 5.32 Å². The van der Waals surface area contributed by atoms with Gasteiger partial charge in [-0.3, -0.25) is 9.69 Å². The first-order chi connectivity index (χ1) is 9.70. The number of aryl methyl sites for hydroxylation is 1. The molecule has 1 unspecified atom stereocenters. The molecule has 5 heteroatoms.